The SMILES string of the molecule is Nc1ncc(-c2ccc(F)c(Cl)c2)cc1C(=O)O. The van der Waals surface area contributed by atoms with Crippen molar-refractivity contribution in [3.05, 3.63) is 46.9 Å². The van der Waals surface area contributed by atoms with E-state index in [-0.39, 0.29) is 16.4 Å². The second-order valence-corrected chi connectivity index (χ2v) is 4.00. The van der Waals surface area contributed by atoms with E-state index in [1.54, 1.807) is 0 Å². The molecule has 6 heteroatoms. The van der Waals surface area contributed by atoms with Crippen LogP contribution < -0.4 is 5.73 Å². The second kappa shape index (κ2) is 4.62. The average Bonchev–Trinajstić information content (AvgIpc) is 2.33. The van der Waals surface area contributed by atoms with Gasteiger partial charge in [-0.15, -0.1) is 0 Å². The fraction of sp³-hybridized carbons (Fsp3) is 0. The number of nitrogen functional groups attached to an aromatic ring is 1. The molecule has 0 radical (unpaired) electrons. The minimum absolute atomic E-state index is 0.0406. The summed E-state index contributed by atoms with van der Waals surface area (Å²) in [5, 5.41) is 8.89. The number of aromatic nitrogens is 1. The average molecular weight is 267 g/mol. The van der Waals surface area contributed by atoms with Crippen LogP contribution in [0.25, 0.3) is 11.1 Å². The first-order chi connectivity index (χ1) is 8.49. The Labute approximate surface area is 107 Å². The maximum atomic E-state index is 13.0. The number of hydrogen-bond acceptors (Lipinski definition) is 3. The molecule has 1 heterocycles. The van der Waals surface area contributed by atoms with Crippen molar-refractivity contribution in [1.82, 2.24) is 4.98 Å². The van der Waals surface area contributed by atoms with Gasteiger partial charge in [0.25, 0.3) is 0 Å². The highest BCUT2D eigenvalue weighted by molar-refractivity contribution is 6.31. The van der Waals surface area contributed by atoms with Crippen molar-refractivity contribution < 1.29 is 14.3 Å². The standard InChI is InChI=1S/C12H8ClFN2O2/c13-9-4-6(1-2-10(9)14)7-3-8(12(17)18)11(15)16-5-7/h1-5H,(H2,15,16)(H,17,18). The Morgan fingerprint density at radius 1 is 1.33 bits per heavy atom. The number of carboxylic acid groups (broad SMARTS) is 1. The maximum Gasteiger partial charge on any atom is 0.339 e. The smallest absolute Gasteiger partial charge is 0.339 e. The summed E-state index contributed by atoms with van der Waals surface area (Å²) in [5.74, 6) is -1.78. The monoisotopic (exact) mass is 266 g/mol. The number of aromatic carboxylic acids is 1. The number of carboxylic acids is 1. The third-order valence-electron chi connectivity index (χ3n) is 2.40. The van der Waals surface area contributed by atoms with Crippen molar-refractivity contribution in [2.24, 2.45) is 0 Å². The zero-order chi connectivity index (χ0) is 13.3. The van der Waals surface area contributed by atoms with Gasteiger partial charge in [-0.3, -0.25) is 0 Å². The van der Waals surface area contributed by atoms with Crippen molar-refractivity contribution in [2.45, 2.75) is 0 Å². The lowest BCUT2D eigenvalue weighted by molar-refractivity contribution is 0.0697. The van der Waals surface area contributed by atoms with Gasteiger partial charge in [-0.2, -0.15) is 0 Å². The van der Waals surface area contributed by atoms with Gasteiger partial charge in [0.2, 0.25) is 0 Å². The molecule has 0 fully saturated rings. The fourth-order valence-corrected chi connectivity index (χ4v) is 1.66. The van der Waals surface area contributed by atoms with E-state index in [1.807, 2.05) is 0 Å². The van der Waals surface area contributed by atoms with Crippen LogP contribution in [-0.4, -0.2) is 16.1 Å². The molecule has 0 aliphatic carbocycles. The highest BCUT2D eigenvalue weighted by Gasteiger charge is 2.11. The Morgan fingerprint density at radius 3 is 2.67 bits per heavy atom. The summed E-state index contributed by atoms with van der Waals surface area (Å²) in [6.45, 7) is 0. The van der Waals surface area contributed by atoms with E-state index in [2.05, 4.69) is 4.98 Å². The van der Waals surface area contributed by atoms with Gasteiger partial charge >= 0.3 is 5.97 Å². The number of pyridine rings is 1. The number of anilines is 1. The molecule has 18 heavy (non-hydrogen) atoms. The predicted molar refractivity (Wildman–Crippen MR) is 66.0 cm³/mol. The molecule has 1 aromatic heterocycles. The number of benzene rings is 1. The highest BCUT2D eigenvalue weighted by atomic mass is 35.5. The minimum Gasteiger partial charge on any atom is -0.478 e. The van der Waals surface area contributed by atoms with Gasteiger partial charge in [0.05, 0.1) is 5.02 Å². The van der Waals surface area contributed by atoms with Crippen LogP contribution in [0.15, 0.2) is 30.5 Å². The lowest BCUT2D eigenvalue weighted by Crippen LogP contribution is -2.04. The molecule has 4 nitrogen and oxygen atoms in total. The molecule has 0 amide bonds. The van der Waals surface area contributed by atoms with Gasteiger partial charge in [0.1, 0.15) is 17.2 Å². The molecule has 0 saturated carbocycles. The van der Waals surface area contributed by atoms with Crippen molar-refractivity contribution in [2.75, 3.05) is 5.73 Å². The quantitative estimate of drug-likeness (QED) is 0.876. The zero-order valence-electron chi connectivity index (χ0n) is 9.02. The van der Waals surface area contributed by atoms with E-state index < -0.39 is 11.8 Å². The molecule has 0 atom stereocenters. The molecule has 0 bridgehead atoms. The first-order valence-corrected chi connectivity index (χ1v) is 5.31. The number of carbonyl (C=O) groups is 1. The second-order valence-electron chi connectivity index (χ2n) is 3.59. The van der Waals surface area contributed by atoms with E-state index in [9.17, 15) is 9.18 Å². The summed E-state index contributed by atoms with van der Waals surface area (Å²) in [5.41, 5.74) is 6.41. The van der Waals surface area contributed by atoms with E-state index in [1.165, 1.54) is 30.5 Å². The summed E-state index contributed by atoms with van der Waals surface area (Å²) in [7, 11) is 0. The van der Waals surface area contributed by atoms with Crippen LogP contribution >= 0.6 is 11.6 Å². The lowest BCUT2D eigenvalue weighted by atomic mass is 10.1. The van der Waals surface area contributed by atoms with Crippen LogP contribution in [-0.2, 0) is 0 Å². The van der Waals surface area contributed by atoms with Crippen LogP contribution in [0, 0.1) is 5.82 Å². The van der Waals surface area contributed by atoms with Crippen LogP contribution in [0.4, 0.5) is 10.2 Å². The molecular weight excluding hydrogens is 259 g/mol. The van der Waals surface area contributed by atoms with Crippen LogP contribution in [0.3, 0.4) is 0 Å². The summed E-state index contributed by atoms with van der Waals surface area (Å²) in [6, 6.07) is 5.46. The van der Waals surface area contributed by atoms with Gasteiger partial charge in [-0.05, 0) is 23.8 Å². The molecule has 2 aromatic rings. The molecule has 0 spiro atoms. The number of hydrogen-bond donors (Lipinski definition) is 2. The summed E-state index contributed by atoms with van der Waals surface area (Å²) in [6.07, 6.45) is 1.41. The zero-order valence-corrected chi connectivity index (χ0v) is 9.78. The van der Waals surface area contributed by atoms with Crippen molar-refractivity contribution in [3.8, 4) is 11.1 Å². The normalized spacial score (nSPS) is 10.3. The van der Waals surface area contributed by atoms with Crippen LogP contribution in [0.2, 0.25) is 5.02 Å². The number of rotatable bonds is 2. The van der Waals surface area contributed by atoms with Crippen LogP contribution in [0.5, 0.6) is 0 Å². The van der Waals surface area contributed by atoms with Crippen LogP contribution in [0.1, 0.15) is 10.4 Å². The molecule has 3 N–H and O–H groups in total. The molecule has 0 saturated heterocycles. The fourth-order valence-electron chi connectivity index (χ4n) is 1.48. The molecule has 0 aliphatic heterocycles. The minimum atomic E-state index is -1.17. The molecule has 0 aliphatic rings. The third-order valence-corrected chi connectivity index (χ3v) is 2.69. The molecule has 2 rings (SSSR count). The molecular formula is C12H8ClFN2O2. The Hall–Kier alpha value is -2.14. The van der Waals surface area contributed by atoms with E-state index >= 15 is 0 Å². The number of nitrogens with zero attached hydrogens (tertiary/aromatic N) is 1. The maximum absolute atomic E-state index is 13.0. The lowest BCUT2D eigenvalue weighted by Gasteiger charge is -2.05. The van der Waals surface area contributed by atoms with Gasteiger partial charge in [-0.25, -0.2) is 14.2 Å². The third kappa shape index (κ3) is 2.26. The first kappa shape index (κ1) is 12.3. The van der Waals surface area contributed by atoms with Gasteiger partial charge in [0.15, 0.2) is 0 Å². The topological polar surface area (TPSA) is 76.2 Å². The van der Waals surface area contributed by atoms with E-state index in [0.29, 0.717) is 11.1 Å². The van der Waals surface area contributed by atoms with E-state index in [4.69, 9.17) is 22.4 Å². The number of nitrogens with two attached hydrogens (primary N) is 1. The molecule has 92 valence electrons. The Morgan fingerprint density at radius 2 is 2.06 bits per heavy atom. The Balaban J connectivity index is 2.54. The van der Waals surface area contributed by atoms with Gasteiger partial charge in [-0.1, -0.05) is 17.7 Å². The van der Waals surface area contributed by atoms with Crippen molar-refractivity contribution >= 4 is 23.4 Å². The summed E-state index contributed by atoms with van der Waals surface area (Å²) < 4.78 is 13.0. The Kier molecular flexibility index (Phi) is 3.16. The summed E-state index contributed by atoms with van der Waals surface area (Å²) >= 11 is 5.66. The Bertz CT molecular complexity index is 631. The molecule has 0 unspecified atom stereocenters. The molecule has 1 aromatic carbocycles. The van der Waals surface area contributed by atoms with Crippen molar-refractivity contribution in [1.29, 1.82) is 0 Å². The van der Waals surface area contributed by atoms with Gasteiger partial charge < -0.3 is 10.8 Å². The highest BCUT2D eigenvalue weighted by Crippen LogP contribution is 2.26. The first-order valence-electron chi connectivity index (χ1n) is 4.93. The van der Waals surface area contributed by atoms with Crippen molar-refractivity contribution in [3.63, 3.8) is 0 Å². The van der Waals surface area contributed by atoms with Gasteiger partial charge in [0, 0.05) is 11.8 Å². The number of halogens is 2. The largest absolute Gasteiger partial charge is 0.478 e. The predicted octanol–water partition coefficient (Wildman–Crippen LogP) is 2.82. The van der Waals surface area contributed by atoms with E-state index in [0.717, 1.165) is 0 Å². The summed E-state index contributed by atoms with van der Waals surface area (Å²) in [4.78, 5) is 14.7.